The van der Waals surface area contributed by atoms with E-state index in [0.717, 1.165) is 0 Å². The first-order valence-electron chi connectivity index (χ1n) is 3.58. The van der Waals surface area contributed by atoms with Crippen LogP contribution in [0.4, 0.5) is 0 Å². The molecular weight excluding hydrogens is 180 g/mol. The summed E-state index contributed by atoms with van der Waals surface area (Å²) in [7, 11) is -3.33. The number of hydrogen-bond donors (Lipinski definition) is 2. The van der Waals surface area contributed by atoms with Crippen molar-refractivity contribution in [3.63, 3.8) is 0 Å². The van der Waals surface area contributed by atoms with Crippen LogP contribution < -0.4 is 11.5 Å². The van der Waals surface area contributed by atoms with Gasteiger partial charge in [-0.15, -0.1) is 0 Å². The van der Waals surface area contributed by atoms with Crippen molar-refractivity contribution in [2.45, 2.75) is 19.4 Å². The van der Waals surface area contributed by atoms with Crippen LogP contribution in [0, 0.1) is 0 Å². The average Bonchev–Trinajstić information content (AvgIpc) is 1.81. The Hall–Kier alpha value is -0.620. The van der Waals surface area contributed by atoms with Crippen LogP contribution in [0.5, 0.6) is 0 Å². The van der Waals surface area contributed by atoms with Crippen molar-refractivity contribution in [1.29, 1.82) is 0 Å². The van der Waals surface area contributed by atoms with Gasteiger partial charge in [0.25, 0.3) is 0 Å². The predicted molar refractivity (Wildman–Crippen MR) is 46.1 cm³/mol. The first kappa shape index (κ1) is 11.4. The number of primary amides is 1. The second-order valence-electron chi connectivity index (χ2n) is 2.82. The molecule has 0 aromatic carbocycles. The van der Waals surface area contributed by atoms with Crippen LogP contribution in [0.15, 0.2) is 0 Å². The topological polar surface area (TPSA) is 103 Å². The molecule has 0 heterocycles. The van der Waals surface area contributed by atoms with E-state index in [0.29, 0.717) is 6.42 Å². The van der Waals surface area contributed by atoms with Gasteiger partial charge >= 0.3 is 0 Å². The molecule has 6 heteroatoms. The minimum absolute atomic E-state index is 0.0758. The Balaban J connectivity index is 3.98. The molecule has 4 N–H and O–H groups in total. The molecule has 0 aliphatic carbocycles. The summed E-state index contributed by atoms with van der Waals surface area (Å²) in [5.41, 5.74) is 10.1. The number of nitrogens with two attached hydrogens (primary N) is 2. The van der Waals surface area contributed by atoms with Crippen molar-refractivity contribution in [2.24, 2.45) is 11.5 Å². The minimum Gasteiger partial charge on any atom is -0.369 e. The highest BCUT2D eigenvalue weighted by atomic mass is 32.2. The van der Waals surface area contributed by atoms with Gasteiger partial charge < -0.3 is 11.5 Å². The standard InChI is InChI=1S/C6H14N2O3S/c1-5(7)2-3-12(10,11)4-6(8)9/h5H,2-4,7H2,1H3,(H2,8,9). The lowest BCUT2D eigenvalue weighted by molar-refractivity contribution is -0.115. The maximum absolute atomic E-state index is 11.0. The summed E-state index contributed by atoms with van der Waals surface area (Å²) in [6, 6.07) is -0.173. The van der Waals surface area contributed by atoms with Crippen LogP contribution >= 0.6 is 0 Å². The van der Waals surface area contributed by atoms with Crippen molar-refractivity contribution in [3.8, 4) is 0 Å². The van der Waals surface area contributed by atoms with Gasteiger partial charge in [-0.05, 0) is 13.3 Å². The number of rotatable bonds is 5. The molecule has 5 nitrogen and oxygen atoms in total. The monoisotopic (exact) mass is 194 g/mol. The maximum atomic E-state index is 11.0. The molecule has 0 rings (SSSR count). The number of sulfone groups is 1. The van der Waals surface area contributed by atoms with Gasteiger partial charge in [0.1, 0.15) is 5.75 Å². The summed E-state index contributed by atoms with van der Waals surface area (Å²) < 4.78 is 22.0. The predicted octanol–water partition coefficient (Wildman–Crippen LogP) is -1.38. The molecular formula is C6H14N2O3S. The number of carbonyl (C=O) groups is 1. The summed E-state index contributed by atoms with van der Waals surface area (Å²) in [5.74, 6) is -1.48. The highest BCUT2D eigenvalue weighted by Gasteiger charge is 2.14. The molecule has 0 aromatic rings. The summed E-state index contributed by atoms with van der Waals surface area (Å²) in [5, 5.41) is 0. The normalized spacial score (nSPS) is 14.2. The Kier molecular flexibility index (Phi) is 4.19. The molecule has 1 atom stereocenters. The van der Waals surface area contributed by atoms with Crippen molar-refractivity contribution in [2.75, 3.05) is 11.5 Å². The van der Waals surface area contributed by atoms with E-state index in [2.05, 4.69) is 0 Å². The molecule has 0 spiro atoms. The van der Waals surface area contributed by atoms with Crippen molar-refractivity contribution in [3.05, 3.63) is 0 Å². The van der Waals surface area contributed by atoms with Crippen LogP contribution in [-0.4, -0.2) is 31.9 Å². The molecule has 0 saturated carbocycles. The van der Waals surface area contributed by atoms with Gasteiger partial charge in [0.2, 0.25) is 5.91 Å². The van der Waals surface area contributed by atoms with Gasteiger partial charge in [-0.2, -0.15) is 0 Å². The quantitative estimate of drug-likeness (QED) is 0.563. The van der Waals surface area contributed by atoms with E-state index in [4.69, 9.17) is 11.5 Å². The minimum atomic E-state index is -3.33. The van der Waals surface area contributed by atoms with Crippen LogP contribution in [0.2, 0.25) is 0 Å². The van der Waals surface area contributed by atoms with Gasteiger partial charge in [-0.1, -0.05) is 0 Å². The molecule has 0 aliphatic heterocycles. The van der Waals surface area contributed by atoms with E-state index >= 15 is 0 Å². The number of carbonyl (C=O) groups excluding carboxylic acids is 1. The Morgan fingerprint density at radius 1 is 1.50 bits per heavy atom. The van der Waals surface area contributed by atoms with Crippen molar-refractivity contribution < 1.29 is 13.2 Å². The molecule has 0 aromatic heterocycles. The van der Waals surface area contributed by atoms with Gasteiger partial charge in [0.05, 0.1) is 5.75 Å². The van der Waals surface area contributed by atoms with E-state index in [1.807, 2.05) is 0 Å². The molecule has 12 heavy (non-hydrogen) atoms. The lowest BCUT2D eigenvalue weighted by atomic mass is 10.3. The summed E-state index contributed by atoms with van der Waals surface area (Å²) >= 11 is 0. The zero-order chi connectivity index (χ0) is 9.78. The van der Waals surface area contributed by atoms with Crippen LogP contribution in [0.1, 0.15) is 13.3 Å². The van der Waals surface area contributed by atoms with Gasteiger partial charge in [-0.25, -0.2) is 8.42 Å². The maximum Gasteiger partial charge on any atom is 0.232 e. The molecule has 0 fully saturated rings. The Bertz CT molecular complexity index is 246. The third-order valence-corrected chi connectivity index (χ3v) is 2.83. The third-order valence-electron chi connectivity index (χ3n) is 1.25. The fourth-order valence-corrected chi connectivity index (χ4v) is 1.96. The second kappa shape index (κ2) is 4.42. The molecule has 0 saturated heterocycles. The third kappa shape index (κ3) is 6.11. The van der Waals surface area contributed by atoms with E-state index < -0.39 is 21.5 Å². The van der Waals surface area contributed by atoms with Gasteiger partial charge in [0.15, 0.2) is 9.84 Å². The van der Waals surface area contributed by atoms with Crippen molar-refractivity contribution in [1.82, 2.24) is 0 Å². The second-order valence-corrected chi connectivity index (χ2v) is 5.01. The number of hydrogen-bond acceptors (Lipinski definition) is 4. The van der Waals surface area contributed by atoms with Crippen LogP contribution in [-0.2, 0) is 14.6 Å². The lowest BCUT2D eigenvalue weighted by Gasteiger charge is -2.04. The Morgan fingerprint density at radius 2 is 2.00 bits per heavy atom. The largest absolute Gasteiger partial charge is 0.369 e. The van der Waals surface area contributed by atoms with E-state index in [-0.39, 0.29) is 11.8 Å². The van der Waals surface area contributed by atoms with Gasteiger partial charge in [-0.3, -0.25) is 4.79 Å². The summed E-state index contributed by atoms with van der Waals surface area (Å²) in [4.78, 5) is 10.3. The van der Waals surface area contributed by atoms with E-state index in [1.165, 1.54) is 0 Å². The molecule has 0 radical (unpaired) electrons. The lowest BCUT2D eigenvalue weighted by Crippen LogP contribution is -2.27. The van der Waals surface area contributed by atoms with Gasteiger partial charge in [0, 0.05) is 6.04 Å². The fourth-order valence-electron chi connectivity index (χ4n) is 0.654. The smallest absolute Gasteiger partial charge is 0.232 e. The molecule has 0 bridgehead atoms. The highest BCUT2D eigenvalue weighted by molar-refractivity contribution is 7.92. The molecule has 72 valence electrons. The van der Waals surface area contributed by atoms with E-state index in [1.54, 1.807) is 6.92 Å². The zero-order valence-corrected chi connectivity index (χ0v) is 7.80. The Labute approximate surface area is 72.0 Å². The average molecular weight is 194 g/mol. The fraction of sp³-hybridized carbons (Fsp3) is 0.833. The van der Waals surface area contributed by atoms with Crippen molar-refractivity contribution >= 4 is 15.7 Å². The highest BCUT2D eigenvalue weighted by Crippen LogP contribution is 1.95. The van der Waals surface area contributed by atoms with E-state index in [9.17, 15) is 13.2 Å². The first-order valence-corrected chi connectivity index (χ1v) is 5.40. The molecule has 1 amide bonds. The SMILES string of the molecule is CC(N)CCS(=O)(=O)CC(N)=O. The summed E-state index contributed by atoms with van der Waals surface area (Å²) in [6.45, 7) is 1.71. The van der Waals surface area contributed by atoms with Crippen LogP contribution in [0.3, 0.4) is 0 Å². The first-order chi connectivity index (χ1) is 5.33. The summed E-state index contributed by atoms with van der Waals surface area (Å²) in [6.07, 6.45) is 0.357. The Morgan fingerprint density at radius 3 is 2.33 bits per heavy atom. The van der Waals surface area contributed by atoms with Crippen LogP contribution in [0.25, 0.3) is 0 Å². The zero-order valence-electron chi connectivity index (χ0n) is 6.99. The molecule has 0 aliphatic rings. The molecule has 1 unspecified atom stereocenters. The number of amides is 1.